The molecule has 0 radical (unpaired) electrons. The van der Waals surface area contributed by atoms with Gasteiger partial charge in [0.05, 0.1) is 18.2 Å². The van der Waals surface area contributed by atoms with Crippen LogP contribution in [0.25, 0.3) is 11.3 Å². The summed E-state index contributed by atoms with van der Waals surface area (Å²) in [4.78, 5) is 8.43. The van der Waals surface area contributed by atoms with Gasteiger partial charge in [-0.1, -0.05) is 20.3 Å². The first-order chi connectivity index (χ1) is 9.13. The molecule has 2 heterocycles. The molecule has 0 spiro atoms. The summed E-state index contributed by atoms with van der Waals surface area (Å²) in [6.07, 6.45) is 9.60. The number of imidazole rings is 1. The van der Waals surface area contributed by atoms with E-state index in [1.165, 1.54) is 6.42 Å². The molecule has 2 atom stereocenters. The summed E-state index contributed by atoms with van der Waals surface area (Å²) >= 11 is 0. The van der Waals surface area contributed by atoms with Crippen LogP contribution in [-0.2, 0) is 0 Å². The standard InChI is InChI=1S/C15H22N4/c1-4-11(2)7-12(3)19-10-18-9-15(19)13-8-17-6-5-14(13)16/h5-6,8-12H,4,7H2,1-3H3,(H2,16,17). The summed E-state index contributed by atoms with van der Waals surface area (Å²) < 4.78 is 2.19. The van der Waals surface area contributed by atoms with Crippen LogP contribution in [0.15, 0.2) is 31.0 Å². The zero-order chi connectivity index (χ0) is 13.8. The van der Waals surface area contributed by atoms with Crippen molar-refractivity contribution in [1.29, 1.82) is 0 Å². The summed E-state index contributed by atoms with van der Waals surface area (Å²) in [6.45, 7) is 6.74. The first kappa shape index (κ1) is 13.6. The van der Waals surface area contributed by atoms with E-state index in [9.17, 15) is 0 Å². The van der Waals surface area contributed by atoms with Crippen molar-refractivity contribution in [1.82, 2.24) is 14.5 Å². The number of nitrogen functional groups attached to an aromatic ring is 1. The third-order valence-electron chi connectivity index (χ3n) is 3.71. The summed E-state index contributed by atoms with van der Waals surface area (Å²) in [5.74, 6) is 0.705. The van der Waals surface area contributed by atoms with E-state index in [0.717, 1.165) is 23.4 Å². The highest BCUT2D eigenvalue weighted by molar-refractivity contribution is 5.72. The fourth-order valence-electron chi connectivity index (χ4n) is 2.35. The van der Waals surface area contributed by atoms with Crippen molar-refractivity contribution in [2.45, 2.75) is 39.7 Å². The van der Waals surface area contributed by atoms with Gasteiger partial charge in [-0.2, -0.15) is 0 Å². The molecular formula is C15H22N4. The number of nitrogens with zero attached hydrogens (tertiary/aromatic N) is 3. The molecule has 0 saturated carbocycles. The maximum absolute atomic E-state index is 6.03. The van der Waals surface area contributed by atoms with Gasteiger partial charge in [0.15, 0.2) is 0 Å². The molecule has 0 aliphatic carbocycles. The van der Waals surface area contributed by atoms with E-state index in [1.54, 1.807) is 12.4 Å². The van der Waals surface area contributed by atoms with Crippen LogP contribution >= 0.6 is 0 Å². The number of hydrogen-bond donors (Lipinski definition) is 1. The molecule has 0 aliphatic rings. The average molecular weight is 258 g/mol. The van der Waals surface area contributed by atoms with Gasteiger partial charge >= 0.3 is 0 Å². The summed E-state index contributed by atoms with van der Waals surface area (Å²) in [5.41, 5.74) is 8.77. The smallest absolute Gasteiger partial charge is 0.0953 e. The van der Waals surface area contributed by atoms with Crippen molar-refractivity contribution < 1.29 is 0 Å². The monoisotopic (exact) mass is 258 g/mol. The van der Waals surface area contributed by atoms with Crippen LogP contribution < -0.4 is 5.73 Å². The van der Waals surface area contributed by atoms with E-state index < -0.39 is 0 Å². The van der Waals surface area contributed by atoms with E-state index in [0.29, 0.717) is 12.0 Å². The number of anilines is 1. The SMILES string of the molecule is CCC(C)CC(C)n1cncc1-c1cnccc1N. The Bertz CT molecular complexity index is 532. The van der Waals surface area contributed by atoms with E-state index in [1.807, 2.05) is 18.6 Å². The van der Waals surface area contributed by atoms with Gasteiger partial charge in [-0.3, -0.25) is 4.98 Å². The van der Waals surface area contributed by atoms with Gasteiger partial charge in [0.25, 0.3) is 0 Å². The Kier molecular flexibility index (Phi) is 4.20. The van der Waals surface area contributed by atoms with Crippen molar-refractivity contribution >= 4 is 5.69 Å². The quantitative estimate of drug-likeness (QED) is 0.892. The van der Waals surface area contributed by atoms with E-state index in [-0.39, 0.29) is 0 Å². The van der Waals surface area contributed by atoms with Gasteiger partial charge in [0.2, 0.25) is 0 Å². The van der Waals surface area contributed by atoms with Crippen molar-refractivity contribution in [2.75, 3.05) is 5.73 Å². The topological polar surface area (TPSA) is 56.7 Å². The molecule has 0 fully saturated rings. The van der Waals surface area contributed by atoms with Gasteiger partial charge < -0.3 is 10.3 Å². The first-order valence-electron chi connectivity index (χ1n) is 6.85. The number of aromatic nitrogens is 3. The van der Waals surface area contributed by atoms with Crippen molar-refractivity contribution in [3.8, 4) is 11.3 Å². The first-order valence-corrected chi connectivity index (χ1v) is 6.85. The average Bonchev–Trinajstić information content (AvgIpc) is 2.88. The molecule has 2 aromatic heterocycles. The van der Waals surface area contributed by atoms with Gasteiger partial charge in [0, 0.05) is 29.7 Å². The Hall–Kier alpha value is -1.84. The molecule has 102 valence electrons. The highest BCUT2D eigenvalue weighted by atomic mass is 15.1. The molecule has 4 heteroatoms. The maximum Gasteiger partial charge on any atom is 0.0953 e. The van der Waals surface area contributed by atoms with Crippen LogP contribution in [0.2, 0.25) is 0 Å². The Balaban J connectivity index is 2.30. The molecule has 4 nitrogen and oxygen atoms in total. The van der Waals surface area contributed by atoms with Crippen LogP contribution in [0.4, 0.5) is 5.69 Å². The molecule has 0 saturated heterocycles. The highest BCUT2D eigenvalue weighted by Gasteiger charge is 2.15. The Labute approximate surface area is 114 Å². The summed E-state index contributed by atoms with van der Waals surface area (Å²) in [5, 5.41) is 0. The molecule has 2 aromatic rings. The van der Waals surface area contributed by atoms with Crippen molar-refractivity contribution in [3.63, 3.8) is 0 Å². The summed E-state index contributed by atoms with van der Waals surface area (Å²) in [7, 11) is 0. The second-order valence-electron chi connectivity index (χ2n) is 5.25. The van der Waals surface area contributed by atoms with Gasteiger partial charge in [-0.05, 0) is 25.3 Å². The lowest BCUT2D eigenvalue weighted by atomic mass is 10.00. The predicted octanol–water partition coefficient (Wildman–Crippen LogP) is 3.52. The molecule has 0 amide bonds. The summed E-state index contributed by atoms with van der Waals surface area (Å²) in [6, 6.07) is 2.23. The van der Waals surface area contributed by atoms with Crippen LogP contribution in [0.3, 0.4) is 0 Å². The Morgan fingerprint density at radius 3 is 2.74 bits per heavy atom. The third kappa shape index (κ3) is 2.95. The second-order valence-corrected chi connectivity index (χ2v) is 5.25. The Morgan fingerprint density at radius 2 is 2.05 bits per heavy atom. The largest absolute Gasteiger partial charge is 0.398 e. The number of pyridine rings is 1. The van der Waals surface area contributed by atoms with E-state index in [4.69, 9.17) is 5.73 Å². The minimum absolute atomic E-state index is 0.409. The third-order valence-corrected chi connectivity index (χ3v) is 3.71. The number of hydrogen-bond acceptors (Lipinski definition) is 3. The van der Waals surface area contributed by atoms with Crippen LogP contribution in [0.5, 0.6) is 0 Å². The lowest BCUT2D eigenvalue weighted by molar-refractivity contribution is 0.400. The van der Waals surface area contributed by atoms with Crippen molar-refractivity contribution in [2.24, 2.45) is 5.92 Å². The minimum atomic E-state index is 0.409. The van der Waals surface area contributed by atoms with E-state index >= 15 is 0 Å². The van der Waals surface area contributed by atoms with Gasteiger partial charge in [0.1, 0.15) is 0 Å². The molecule has 2 rings (SSSR count). The zero-order valence-electron chi connectivity index (χ0n) is 11.9. The minimum Gasteiger partial charge on any atom is -0.398 e. The lowest BCUT2D eigenvalue weighted by Gasteiger charge is -2.20. The highest BCUT2D eigenvalue weighted by Crippen LogP contribution is 2.29. The fourth-order valence-corrected chi connectivity index (χ4v) is 2.35. The lowest BCUT2D eigenvalue weighted by Crippen LogP contribution is -2.10. The molecule has 2 N–H and O–H groups in total. The van der Waals surface area contributed by atoms with Crippen LogP contribution in [-0.4, -0.2) is 14.5 Å². The Morgan fingerprint density at radius 1 is 1.26 bits per heavy atom. The number of nitrogens with two attached hydrogens (primary N) is 1. The zero-order valence-corrected chi connectivity index (χ0v) is 11.9. The maximum atomic E-state index is 6.03. The molecule has 2 unspecified atom stereocenters. The van der Waals surface area contributed by atoms with Crippen LogP contribution in [0.1, 0.15) is 39.7 Å². The van der Waals surface area contributed by atoms with Crippen molar-refractivity contribution in [3.05, 3.63) is 31.0 Å². The second kappa shape index (κ2) is 5.87. The molecule has 0 aromatic carbocycles. The van der Waals surface area contributed by atoms with Crippen LogP contribution in [0, 0.1) is 5.92 Å². The predicted molar refractivity (Wildman–Crippen MR) is 78.7 cm³/mol. The molecule has 19 heavy (non-hydrogen) atoms. The number of rotatable bonds is 5. The molecule has 0 bridgehead atoms. The fraction of sp³-hybridized carbons (Fsp3) is 0.467. The van der Waals surface area contributed by atoms with E-state index in [2.05, 4.69) is 35.3 Å². The molecule has 0 aliphatic heterocycles. The molecular weight excluding hydrogens is 236 g/mol. The van der Waals surface area contributed by atoms with Gasteiger partial charge in [-0.15, -0.1) is 0 Å². The van der Waals surface area contributed by atoms with Gasteiger partial charge in [-0.25, -0.2) is 4.98 Å². The normalized spacial score (nSPS) is 14.3.